The maximum atomic E-state index is 9.26. The Labute approximate surface area is 105 Å². The number of phenols is 1. The van der Waals surface area contributed by atoms with Gasteiger partial charge in [0.15, 0.2) is 0 Å². The second-order valence-electron chi connectivity index (χ2n) is 4.29. The molecule has 0 bridgehead atoms. The van der Waals surface area contributed by atoms with E-state index in [1.807, 2.05) is 25.2 Å². The van der Waals surface area contributed by atoms with Crippen molar-refractivity contribution in [2.45, 2.75) is 6.42 Å². The topological polar surface area (TPSA) is 50.9 Å². The Bertz CT molecular complexity index is 686. The summed E-state index contributed by atoms with van der Waals surface area (Å²) in [5.41, 5.74) is 3.12. The van der Waals surface area contributed by atoms with E-state index >= 15 is 0 Å². The SMILES string of the molecule is Cn1c(Cc2ccc(O)cc2)nc2cnccc21. The lowest BCUT2D eigenvalue weighted by Crippen LogP contribution is -1.98. The Kier molecular flexibility index (Phi) is 2.48. The van der Waals surface area contributed by atoms with Crippen LogP contribution >= 0.6 is 0 Å². The molecular weight excluding hydrogens is 226 g/mol. The summed E-state index contributed by atoms with van der Waals surface area (Å²) in [5.74, 6) is 1.27. The maximum absolute atomic E-state index is 9.26. The zero-order chi connectivity index (χ0) is 12.5. The number of aromatic hydroxyl groups is 1. The first kappa shape index (κ1) is 10.8. The molecule has 4 heteroatoms. The highest BCUT2D eigenvalue weighted by molar-refractivity contribution is 5.74. The fourth-order valence-corrected chi connectivity index (χ4v) is 2.06. The molecular formula is C14H13N3O. The zero-order valence-electron chi connectivity index (χ0n) is 10.0. The Morgan fingerprint density at radius 1 is 1.17 bits per heavy atom. The molecule has 0 aliphatic heterocycles. The number of hydrogen-bond donors (Lipinski definition) is 1. The molecule has 0 saturated carbocycles. The second-order valence-corrected chi connectivity index (χ2v) is 4.29. The Balaban J connectivity index is 1.99. The van der Waals surface area contributed by atoms with Crippen molar-refractivity contribution < 1.29 is 5.11 Å². The van der Waals surface area contributed by atoms with Gasteiger partial charge in [0.25, 0.3) is 0 Å². The van der Waals surface area contributed by atoms with Crippen LogP contribution in [0.2, 0.25) is 0 Å². The normalized spacial score (nSPS) is 10.9. The number of aromatic nitrogens is 3. The molecule has 0 atom stereocenters. The molecule has 0 fully saturated rings. The van der Waals surface area contributed by atoms with Gasteiger partial charge in [-0.25, -0.2) is 4.98 Å². The summed E-state index contributed by atoms with van der Waals surface area (Å²) in [6, 6.07) is 9.17. The lowest BCUT2D eigenvalue weighted by atomic mass is 10.1. The van der Waals surface area contributed by atoms with Crippen molar-refractivity contribution in [3.8, 4) is 5.75 Å². The van der Waals surface area contributed by atoms with Gasteiger partial charge in [-0.15, -0.1) is 0 Å². The van der Waals surface area contributed by atoms with Crippen LogP contribution in [-0.4, -0.2) is 19.6 Å². The van der Waals surface area contributed by atoms with E-state index in [9.17, 15) is 5.11 Å². The molecule has 4 nitrogen and oxygen atoms in total. The molecule has 90 valence electrons. The van der Waals surface area contributed by atoms with Gasteiger partial charge in [0.1, 0.15) is 17.1 Å². The summed E-state index contributed by atoms with van der Waals surface area (Å²) >= 11 is 0. The summed E-state index contributed by atoms with van der Waals surface area (Å²) in [4.78, 5) is 8.64. The lowest BCUT2D eigenvalue weighted by molar-refractivity contribution is 0.475. The van der Waals surface area contributed by atoms with Crippen molar-refractivity contribution in [1.82, 2.24) is 14.5 Å². The molecule has 0 radical (unpaired) electrons. The van der Waals surface area contributed by atoms with Crippen LogP contribution in [-0.2, 0) is 13.5 Å². The monoisotopic (exact) mass is 239 g/mol. The van der Waals surface area contributed by atoms with Gasteiger partial charge in [0, 0.05) is 19.7 Å². The first-order valence-electron chi connectivity index (χ1n) is 5.77. The predicted octanol–water partition coefficient (Wildman–Crippen LogP) is 2.26. The van der Waals surface area contributed by atoms with Crippen LogP contribution < -0.4 is 0 Å². The zero-order valence-corrected chi connectivity index (χ0v) is 10.0. The molecule has 1 N–H and O–H groups in total. The van der Waals surface area contributed by atoms with E-state index in [2.05, 4.69) is 14.5 Å². The van der Waals surface area contributed by atoms with E-state index < -0.39 is 0 Å². The second kappa shape index (κ2) is 4.14. The molecule has 2 heterocycles. The number of pyridine rings is 1. The van der Waals surface area contributed by atoms with Gasteiger partial charge in [-0.2, -0.15) is 0 Å². The van der Waals surface area contributed by atoms with Gasteiger partial charge >= 0.3 is 0 Å². The van der Waals surface area contributed by atoms with Crippen molar-refractivity contribution in [1.29, 1.82) is 0 Å². The van der Waals surface area contributed by atoms with Crippen LogP contribution in [0.3, 0.4) is 0 Å². The molecule has 3 rings (SSSR count). The number of rotatable bonds is 2. The van der Waals surface area contributed by atoms with Crippen LogP contribution in [0.15, 0.2) is 42.7 Å². The van der Waals surface area contributed by atoms with E-state index in [-0.39, 0.29) is 5.75 Å². The molecule has 3 aromatic rings. The molecule has 2 aromatic heterocycles. The van der Waals surface area contributed by atoms with Crippen molar-refractivity contribution in [2.75, 3.05) is 0 Å². The van der Waals surface area contributed by atoms with Crippen LogP contribution in [0.5, 0.6) is 5.75 Å². The third kappa shape index (κ3) is 1.82. The third-order valence-corrected chi connectivity index (χ3v) is 3.07. The van der Waals surface area contributed by atoms with Crippen LogP contribution in [0.25, 0.3) is 11.0 Å². The molecule has 1 aromatic carbocycles. The standard InChI is InChI=1S/C14H13N3O/c1-17-13-6-7-15-9-12(13)16-14(17)8-10-2-4-11(18)5-3-10/h2-7,9,18H,8H2,1H3. The number of aryl methyl sites for hydroxylation is 1. The molecule has 0 amide bonds. The molecule has 0 unspecified atom stereocenters. The van der Waals surface area contributed by atoms with Gasteiger partial charge in [-0.1, -0.05) is 12.1 Å². The fraction of sp³-hybridized carbons (Fsp3) is 0.143. The van der Waals surface area contributed by atoms with E-state index in [1.54, 1.807) is 24.5 Å². The summed E-state index contributed by atoms with van der Waals surface area (Å²) in [7, 11) is 2.01. The number of nitrogens with zero attached hydrogens (tertiary/aromatic N) is 3. The minimum absolute atomic E-state index is 0.285. The fourth-order valence-electron chi connectivity index (χ4n) is 2.06. The van der Waals surface area contributed by atoms with Crippen LogP contribution in [0.1, 0.15) is 11.4 Å². The highest BCUT2D eigenvalue weighted by Gasteiger charge is 2.07. The Morgan fingerprint density at radius 2 is 1.94 bits per heavy atom. The van der Waals surface area contributed by atoms with Crippen LogP contribution in [0, 0.1) is 0 Å². The summed E-state index contributed by atoms with van der Waals surface area (Å²) in [5, 5.41) is 9.26. The van der Waals surface area contributed by atoms with Gasteiger partial charge < -0.3 is 9.67 Å². The smallest absolute Gasteiger partial charge is 0.115 e. The number of fused-ring (bicyclic) bond motifs is 1. The van der Waals surface area contributed by atoms with Gasteiger partial charge in [0.2, 0.25) is 0 Å². The van der Waals surface area contributed by atoms with Crippen molar-refractivity contribution in [3.05, 3.63) is 54.1 Å². The number of benzene rings is 1. The quantitative estimate of drug-likeness (QED) is 0.746. The van der Waals surface area contributed by atoms with Gasteiger partial charge in [-0.3, -0.25) is 4.98 Å². The minimum atomic E-state index is 0.285. The lowest BCUT2D eigenvalue weighted by Gasteiger charge is -2.02. The van der Waals surface area contributed by atoms with Crippen molar-refractivity contribution >= 4 is 11.0 Å². The molecule has 0 aliphatic carbocycles. The van der Waals surface area contributed by atoms with Crippen molar-refractivity contribution in [3.63, 3.8) is 0 Å². The predicted molar refractivity (Wildman–Crippen MR) is 69.4 cm³/mol. The molecule has 0 saturated heterocycles. The van der Waals surface area contributed by atoms with E-state index in [1.165, 1.54) is 0 Å². The largest absolute Gasteiger partial charge is 0.508 e. The third-order valence-electron chi connectivity index (χ3n) is 3.07. The number of imidazole rings is 1. The number of hydrogen-bond acceptors (Lipinski definition) is 3. The summed E-state index contributed by atoms with van der Waals surface area (Å²) in [6.07, 6.45) is 4.29. The number of phenolic OH excluding ortho intramolecular Hbond substituents is 1. The first-order valence-corrected chi connectivity index (χ1v) is 5.77. The average molecular weight is 239 g/mol. The van der Waals surface area contributed by atoms with E-state index in [4.69, 9.17) is 0 Å². The van der Waals surface area contributed by atoms with E-state index in [0.29, 0.717) is 0 Å². The summed E-state index contributed by atoms with van der Waals surface area (Å²) < 4.78 is 2.07. The molecule has 18 heavy (non-hydrogen) atoms. The highest BCUT2D eigenvalue weighted by atomic mass is 16.3. The average Bonchev–Trinajstić information content (AvgIpc) is 2.70. The van der Waals surface area contributed by atoms with Gasteiger partial charge in [-0.05, 0) is 23.8 Å². The Morgan fingerprint density at radius 3 is 2.67 bits per heavy atom. The van der Waals surface area contributed by atoms with Crippen LogP contribution in [0.4, 0.5) is 0 Å². The maximum Gasteiger partial charge on any atom is 0.115 e. The van der Waals surface area contributed by atoms with Gasteiger partial charge in [0.05, 0.1) is 11.7 Å². The molecule has 0 aliphatic rings. The van der Waals surface area contributed by atoms with E-state index in [0.717, 1.165) is 28.8 Å². The Hall–Kier alpha value is -2.36. The van der Waals surface area contributed by atoms with Crippen molar-refractivity contribution in [2.24, 2.45) is 7.05 Å². The minimum Gasteiger partial charge on any atom is -0.508 e. The highest BCUT2D eigenvalue weighted by Crippen LogP contribution is 2.17. The summed E-state index contributed by atoms with van der Waals surface area (Å²) in [6.45, 7) is 0. The first-order chi connectivity index (χ1) is 8.74. The molecule has 0 spiro atoms.